The summed E-state index contributed by atoms with van der Waals surface area (Å²) in [5, 5.41) is 9.82. The van der Waals surface area contributed by atoms with Crippen molar-refractivity contribution in [3.8, 4) is 0 Å². The van der Waals surface area contributed by atoms with Crippen molar-refractivity contribution in [2.75, 3.05) is 7.05 Å². The van der Waals surface area contributed by atoms with Gasteiger partial charge in [0, 0.05) is 28.2 Å². The predicted octanol–water partition coefficient (Wildman–Crippen LogP) is 2.86. The molecule has 0 aromatic carbocycles. The van der Waals surface area contributed by atoms with Crippen molar-refractivity contribution in [1.82, 2.24) is 15.1 Å². The first-order valence-corrected chi connectivity index (χ1v) is 6.71. The van der Waals surface area contributed by atoms with E-state index in [0.29, 0.717) is 0 Å². The van der Waals surface area contributed by atoms with Gasteiger partial charge in [-0.15, -0.1) is 11.3 Å². The Morgan fingerprint density at radius 3 is 2.75 bits per heavy atom. The van der Waals surface area contributed by atoms with E-state index in [4.69, 9.17) is 0 Å². The van der Waals surface area contributed by atoms with Crippen LogP contribution in [0.15, 0.2) is 22.1 Å². The van der Waals surface area contributed by atoms with Gasteiger partial charge in [-0.2, -0.15) is 5.10 Å². The Kier molecular flexibility index (Phi) is 3.47. The summed E-state index contributed by atoms with van der Waals surface area (Å²) in [5.41, 5.74) is 2.30. The monoisotopic (exact) mass is 299 g/mol. The van der Waals surface area contributed by atoms with E-state index < -0.39 is 0 Å². The first-order valence-electron chi connectivity index (χ1n) is 5.03. The van der Waals surface area contributed by atoms with Crippen molar-refractivity contribution in [2.45, 2.75) is 13.0 Å². The summed E-state index contributed by atoms with van der Waals surface area (Å²) in [6.45, 7) is 2.04. The molecule has 0 amide bonds. The van der Waals surface area contributed by atoms with E-state index in [0.717, 1.165) is 10.2 Å². The van der Waals surface area contributed by atoms with Crippen LogP contribution in [0.4, 0.5) is 0 Å². The average Bonchev–Trinajstić information content (AvgIpc) is 2.77. The molecule has 0 bridgehead atoms. The topological polar surface area (TPSA) is 29.9 Å². The molecule has 2 aromatic rings. The number of halogens is 1. The molecule has 0 spiro atoms. The smallest absolute Gasteiger partial charge is 0.0713 e. The number of nitrogens with zero attached hydrogens (tertiary/aromatic N) is 2. The fourth-order valence-corrected chi connectivity index (χ4v) is 3.57. The van der Waals surface area contributed by atoms with Gasteiger partial charge in [-0.25, -0.2) is 0 Å². The van der Waals surface area contributed by atoms with Gasteiger partial charge < -0.3 is 5.32 Å². The Hall–Kier alpha value is -0.650. The van der Waals surface area contributed by atoms with Gasteiger partial charge in [0.05, 0.1) is 11.7 Å². The maximum Gasteiger partial charge on any atom is 0.0713 e. The van der Waals surface area contributed by atoms with Crippen LogP contribution in [0.5, 0.6) is 0 Å². The van der Waals surface area contributed by atoms with E-state index in [-0.39, 0.29) is 6.04 Å². The fraction of sp³-hybridized carbons (Fsp3) is 0.364. The Labute approximate surface area is 108 Å². The molecule has 0 saturated heterocycles. The number of nitrogens with one attached hydrogen (secondary N) is 1. The Morgan fingerprint density at radius 2 is 2.31 bits per heavy atom. The van der Waals surface area contributed by atoms with Crippen LogP contribution in [-0.2, 0) is 7.05 Å². The Morgan fingerprint density at radius 1 is 1.56 bits per heavy atom. The number of aromatic nitrogens is 2. The molecule has 16 heavy (non-hydrogen) atoms. The maximum absolute atomic E-state index is 4.39. The van der Waals surface area contributed by atoms with Crippen LogP contribution >= 0.6 is 27.3 Å². The standard InChI is InChI=1S/C11H14BrN3S/c1-7-8(6-15(3)14-7)10(13-2)11-9(12)4-5-16-11/h4-6,10,13H,1-3H3. The molecular formula is C11H14BrN3S. The zero-order valence-electron chi connectivity index (χ0n) is 9.49. The van der Waals surface area contributed by atoms with Crippen molar-refractivity contribution in [1.29, 1.82) is 0 Å². The van der Waals surface area contributed by atoms with Crippen LogP contribution in [0.1, 0.15) is 22.2 Å². The number of thiophene rings is 1. The summed E-state index contributed by atoms with van der Waals surface area (Å²) in [6, 6.07) is 2.29. The number of rotatable bonds is 3. The quantitative estimate of drug-likeness (QED) is 0.944. The maximum atomic E-state index is 4.39. The van der Waals surface area contributed by atoms with Crippen LogP contribution < -0.4 is 5.32 Å². The molecule has 0 saturated carbocycles. The Balaban J connectivity index is 2.44. The molecule has 0 aliphatic carbocycles. The van der Waals surface area contributed by atoms with Crippen molar-refractivity contribution < 1.29 is 0 Å². The van der Waals surface area contributed by atoms with E-state index in [1.54, 1.807) is 11.3 Å². The highest BCUT2D eigenvalue weighted by Crippen LogP contribution is 2.33. The average molecular weight is 300 g/mol. The molecule has 0 fully saturated rings. The number of hydrogen-bond acceptors (Lipinski definition) is 3. The minimum Gasteiger partial charge on any atom is -0.309 e. The molecule has 0 aliphatic rings. The summed E-state index contributed by atoms with van der Waals surface area (Å²) in [6.07, 6.45) is 2.07. The molecule has 1 atom stereocenters. The lowest BCUT2D eigenvalue weighted by Gasteiger charge is -2.14. The molecule has 0 aliphatic heterocycles. The van der Waals surface area contributed by atoms with Crippen LogP contribution in [0, 0.1) is 6.92 Å². The van der Waals surface area contributed by atoms with Gasteiger partial charge in [0.15, 0.2) is 0 Å². The fourth-order valence-electron chi connectivity index (χ4n) is 1.84. The molecule has 3 nitrogen and oxygen atoms in total. The van der Waals surface area contributed by atoms with Gasteiger partial charge in [0.1, 0.15) is 0 Å². The lowest BCUT2D eigenvalue weighted by Crippen LogP contribution is -2.17. The van der Waals surface area contributed by atoms with E-state index in [9.17, 15) is 0 Å². The summed E-state index contributed by atoms with van der Waals surface area (Å²) < 4.78 is 3.01. The van der Waals surface area contributed by atoms with Crippen molar-refractivity contribution in [2.24, 2.45) is 7.05 Å². The lowest BCUT2D eigenvalue weighted by atomic mass is 10.1. The number of hydrogen-bond donors (Lipinski definition) is 1. The van der Waals surface area contributed by atoms with Crippen LogP contribution in [0.3, 0.4) is 0 Å². The minimum atomic E-state index is 0.211. The molecule has 1 N–H and O–H groups in total. The Bertz CT molecular complexity index is 489. The second-order valence-corrected chi connectivity index (χ2v) is 5.50. The van der Waals surface area contributed by atoms with E-state index in [1.807, 2.05) is 25.7 Å². The SMILES string of the molecule is CNC(c1cn(C)nc1C)c1sccc1Br. The van der Waals surface area contributed by atoms with Gasteiger partial charge in [0.25, 0.3) is 0 Å². The molecule has 2 aromatic heterocycles. The van der Waals surface area contributed by atoms with Crippen LogP contribution in [0.2, 0.25) is 0 Å². The molecule has 2 rings (SSSR count). The first kappa shape index (κ1) is 11.8. The van der Waals surface area contributed by atoms with Crippen molar-refractivity contribution in [3.63, 3.8) is 0 Å². The highest BCUT2D eigenvalue weighted by molar-refractivity contribution is 9.10. The third-order valence-electron chi connectivity index (χ3n) is 2.56. The van der Waals surface area contributed by atoms with Gasteiger partial charge in [-0.3, -0.25) is 4.68 Å². The van der Waals surface area contributed by atoms with E-state index in [2.05, 4.69) is 44.0 Å². The lowest BCUT2D eigenvalue weighted by molar-refractivity contribution is 0.696. The molecule has 5 heteroatoms. The molecule has 0 radical (unpaired) electrons. The van der Waals surface area contributed by atoms with Gasteiger partial charge in [-0.1, -0.05) is 0 Å². The largest absolute Gasteiger partial charge is 0.309 e. The van der Waals surface area contributed by atoms with Gasteiger partial charge in [-0.05, 0) is 41.3 Å². The third kappa shape index (κ3) is 2.07. The van der Waals surface area contributed by atoms with Crippen molar-refractivity contribution >= 4 is 27.3 Å². The van der Waals surface area contributed by atoms with E-state index in [1.165, 1.54) is 10.4 Å². The van der Waals surface area contributed by atoms with Crippen LogP contribution in [0.25, 0.3) is 0 Å². The molecule has 86 valence electrons. The summed E-state index contributed by atoms with van der Waals surface area (Å²) in [5.74, 6) is 0. The summed E-state index contributed by atoms with van der Waals surface area (Å²) in [7, 11) is 3.93. The molecule has 1 unspecified atom stereocenters. The number of aryl methyl sites for hydroxylation is 2. The second-order valence-electron chi connectivity index (χ2n) is 3.70. The minimum absolute atomic E-state index is 0.211. The van der Waals surface area contributed by atoms with Gasteiger partial charge in [0.2, 0.25) is 0 Å². The zero-order valence-corrected chi connectivity index (χ0v) is 11.9. The molecular weight excluding hydrogens is 286 g/mol. The first-order chi connectivity index (χ1) is 7.63. The molecule has 2 heterocycles. The normalized spacial score (nSPS) is 13.0. The highest BCUT2D eigenvalue weighted by Gasteiger charge is 2.19. The summed E-state index contributed by atoms with van der Waals surface area (Å²) in [4.78, 5) is 1.29. The summed E-state index contributed by atoms with van der Waals surface area (Å²) >= 11 is 5.33. The van der Waals surface area contributed by atoms with Crippen molar-refractivity contribution in [3.05, 3.63) is 38.3 Å². The predicted molar refractivity (Wildman–Crippen MR) is 70.9 cm³/mol. The van der Waals surface area contributed by atoms with Gasteiger partial charge >= 0.3 is 0 Å². The third-order valence-corrected chi connectivity index (χ3v) is 4.49. The highest BCUT2D eigenvalue weighted by atomic mass is 79.9. The second kappa shape index (κ2) is 4.69. The van der Waals surface area contributed by atoms with Crippen LogP contribution in [-0.4, -0.2) is 16.8 Å². The van der Waals surface area contributed by atoms with E-state index >= 15 is 0 Å². The zero-order chi connectivity index (χ0) is 11.7.